The van der Waals surface area contributed by atoms with Gasteiger partial charge in [0, 0.05) is 0 Å². The molecule has 0 amide bonds. The van der Waals surface area contributed by atoms with Crippen molar-refractivity contribution < 1.29 is 16.0 Å². The molecule has 0 unspecified atom stereocenters. The van der Waals surface area contributed by atoms with E-state index in [4.69, 9.17) is 0 Å². The van der Waals surface area contributed by atoms with Crippen LogP contribution < -0.4 is 0 Å². The zero-order chi connectivity index (χ0) is 8.55. The predicted octanol–water partition coefficient (Wildman–Crippen LogP) is 3.02. The molecule has 1 heteroatoms. The molecule has 0 atom stereocenters. The van der Waals surface area contributed by atoms with Gasteiger partial charge in [-0.2, -0.15) is 0 Å². The van der Waals surface area contributed by atoms with Crippen LogP contribution >= 0.6 is 0 Å². The molecule has 2 rings (SSSR count). The Hall–Kier alpha value is -0.521. The second-order valence-electron chi connectivity index (χ2n) is 3.18. The molecular weight excluding hydrogens is 188 g/mol. The number of hydrogen-bond acceptors (Lipinski definition) is 0. The summed E-state index contributed by atoms with van der Waals surface area (Å²) in [6, 6.07) is 0. The van der Waals surface area contributed by atoms with Gasteiger partial charge in [0.05, 0.1) is 0 Å². The summed E-state index contributed by atoms with van der Waals surface area (Å²) in [6.45, 7) is 2.17. The van der Waals surface area contributed by atoms with Crippen molar-refractivity contribution in [1.29, 1.82) is 0 Å². The minimum absolute atomic E-state index is 1.03. The van der Waals surface area contributed by atoms with Crippen LogP contribution in [0.25, 0.3) is 0 Å². The topological polar surface area (TPSA) is 0 Å². The van der Waals surface area contributed by atoms with E-state index >= 15 is 0 Å². The van der Waals surface area contributed by atoms with Gasteiger partial charge in [-0.25, -0.2) is 0 Å². The van der Waals surface area contributed by atoms with E-state index in [1.165, 1.54) is 21.2 Å². The molecule has 12 heavy (non-hydrogen) atoms. The number of rotatable bonds is 1. The first kappa shape index (κ1) is 8.09. The molecule has 0 aromatic carbocycles. The fourth-order valence-corrected chi connectivity index (χ4v) is 2.06. The monoisotopic (exact) mass is 199 g/mol. The second-order valence-corrected chi connectivity index (χ2v) is 3.84. The average molecular weight is 199 g/mol. The van der Waals surface area contributed by atoms with Crippen LogP contribution in [0.3, 0.4) is 0 Å². The van der Waals surface area contributed by atoms with Gasteiger partial charge in [0.2, 0.25) is 0 Å². The van der Waals surface area contributed by atoms with Gasteiger partial charge in [-0.15, -0.1) is 0 Å². The van der Waals surface area contributed by atoms with Crippen molar-refractivity contribution in [2.45, 2.75) is 19.8 Å². The predicted molar refractivity (Wildman–Crippen MR) is 47.2 cm³/mol. The van der Waals surface area contributed by atoms with Gasteiger partial charge in [0.1, 0.15) is 0 Å². The molecule has 0 N–H and O–H groups in total. The standard InChI is InChI=1S/C11H11.Fe/c1-9-5-4-8-11(9)10-6-2-3-7-10;/h2,4-6H,3,8H2,1H3;. The average Bonchev–Trinajstić information content (AvgIpc) is 2.59. The Morgan fingerprint density at radius 3 is 2.42 bits per heavy atom. The van der Waals surface area contributed by atoms with Crippen LogP contribution in [0.15, 0.2) is 45.5 Å². The van der Waals surface area contributed by atoms with Crippen molar-refractivity contribution >= 4 is 0 Å². The van der Waals surface area contributed by atoms with Crippen LogP contribution in [0.1, 0.15) is 19.8 Å². The van der Waals surface area contributed by atoms with E-state index in [1.807, 2.05) is 0 Å². The first-order valence-corrected chi connectivity index (χ1v) is 4.75. The quantitative estimate of drug-likeness (QED) is 0.569. The molecule has 0 aromatic heterocycles. The van der Waals surface area contributed by atoms with Crippen LogP contribution in [0.5, 0.6) is 0 Å². The summed E-state index contributed by atoms with van der Waals surface area (Å²) < 4.78 is 1.27. The van der Waals surface area contributed by atoms with E-state index in [0.717, 1.165) is 12.8 Å². The van der Waals surface area contributed by atoms with E-state index in [1.54, 1.807) is 0 Å². The molecule has 0 fully saturated rings. The first-order valence-electron chi connectivity index (χ1n) is 4.19. The third-order valence-electron chi connectivity index (χ3n) is 2.35. The maximum absolute atomic E-state index is 4.05. The Morgan fingerprint density at radius 2 is 1.92 bits per heavy atom. The van der Waals surface area contributed by atoms with Gasteiger partial charge in [-0.1, -0.05) is 0 Å². The molecule has 63 valence electrons. The maximum atomic E-state index is 4.05. The fraction of sp³-hybridized carbons (Fsp3) is 0.273. The minimum atomic E-state index is 1.03. The summed E-state index contributed by atoms with van der Waals surface area (Å²) in [5.74, 6) is 0. The van der Waals surface area contributed by atoms with Crippen molar-refractivity contribution in [1.82, 2.24) is 0 Å². The molecule has 0 aliphatic heterocycles. The van der Waals surface area contributed by atoms with Gasteiger partial charge in [-0.05, 0) is 0 Å². The van der Waals surface area contributed by atoms with Gasteiger partial charge < -0.3 is 0 Å². The Morgan fingerprint density at radius 1 is 1.17 bits per heavy atom. The third-order valence-corrected chi connectivity index (χ3v) is 2.88. The van der Waals surface area contributed by atoms with Crippen LogP contribution in [-0.2, 0) is 16.0 Å². The summed E-state index contributed by atoms with van der Waals surface area (Å²) in [5, 5.41) is 0. The van der Waals surface area contributed by atoms with Gasteiger partial charge >= 0.3 is 81.3 Å². The second kappa shape index (κ2) is 3.08. The van der Waals surface area contributed by atoms with E-state index in [0.29, 0.717) is 0 Å². The molecule has 2 aliphatic rings. The normalized spacial score (nSPS) is 21.8. The summed E-state index contributed by atoms with van der Waals surface area (Å²) >= 11 is 4.05. The van der Waals surface area contributed by atoms with Crippen LogP contribution in [0, 0.1) is 0 Å². The summed E-state index contributed by atoms with van der Waals surface area (Å²) in [4.78, 5) is 0. The fourth-order valence-electron chi connectivity index (χ4n) is 1.67. The zero-order valence-corrected chi connectivity index (χ0v) is 8.18. The molecule has 0 saturated heterocycles. The van der Waals surface area contributed by atoms with Crippen molar-refractivity contribution in [3.05, 3.63) is 45.5 Å². The third kappa shape index (κ3) is 1.24. The molecule has 0 aromatic rings. The van der Waals surface area contributed by atoms with Crippen molar-refractivity contribution in [3.63, 3.8) is 0 Å². The number of hydrogen-bond donors (Lipinski definition) is 0. The molecular formula is C11H11Fe. The van der Waals surface area contributed by atoms with E-state index in [-0.39, 0.29) is 0 Å². The van der Waals surface area contributed by atoms with Crippen molar-refractivity contribution in [3.8, 4) is 0 Å². The van der Waals surface area contributed by atoms with Crippen LogP contribution in [-0.4, -0.2) is 0 Å². The van der Waals surface area contributed by atoms with Crippen LogP contribution in [0.4, 0.5) is 0 Å². The molecule has 0 heterocycles. The molecule has 0 saturated carbocycles. The molecule has 2 aliphatic carbocycles. The number of allylic oxidation sites excluding steroid dienone is 8. The van der Waals surface area contributed by atoms with Crippen LogP contribution in [0.2, 0.25) is 0 Å². The summed E-state index contributed by atoms with van der Waals surface area (Å²) in [7, 11) is 0. The first-order chi connectivity index (χ1) is 5.79. The Kier molecular flexibility index (Phi) is 2.08. The molecule has 0 radical (unpaired) electrons. The van der Waals surface area contributed by atoms with Crippen molar-refractivity contribution in [2.24, 2.45) is 0 Å². The van der Waals surface area contributed by atoms with Crippen molar-refractivity contribution in [2.75, 3.05) is 0 Å². The Labute approximate surface area is 81.6 Å². The summed E-state index contributed by atoms with van der Waals surface area (Å²) in [6.07, 6.45) is 10.9. The molecule has 0 bridgehead atoms. The Balaban J connectivity index is 2.38. The van der Waals surface area contributed by atoms with E-state index in [9.17, 15) is 0 Å². The SMILES string of the molecule is CC1=C(C2=[C]([Fe])CC=C2)CC=C1. The van der Waals surface area contributed by atoms with Gasteiger partial charge in [0.15, 0.2) is 0 Å². The van der Waals surface area contributed by atoms with Gasteiger partial charge in [0.25, 0.3) is 0 Å². The Bertz CT molecular complexity index is 327. The van der Waals surface area contributed by atoms with Gasteiger partial charge in [-0.3, -0.25) is 0 Å². The summed E-state index contributed by atoms with van der Waals surface area (Å²) in [5.41, 5.74) is 4.24. The molecule has 0 spiro atoms. The zero-order valence-electron chi connectivity index (χ0n) is 7.08. The van der Waals surface area contributed by atoms with E-state index in [2.05, 4.69) is 47.2 Å². The van der Waals surface area contributed by atoms with E-state index < -0.39 is 0 Å². The molecule has 0 nitrogen and oxygen atoms in total.